The molecular weight excluding hydrogens is 208 g/mol. The Morgan fingerprint density at radius 1 is 0.643 bits per heavy atom. The Hall–Kier alpha value is 0.700. The minimum Gasteiger partial charge on any atom is -0.0939 e. The second-order valence-electron chi connectivity index (χ2n) is 3.93. The second-order valence-corrected chi connectivity index (χ2v) is 6.49. The van der Waals surface area contributed by atoms with Crippen molar-refractivity contribution < 1.29 is 0 Å². The Labute approximate surface area is 98.4 Å². The summed E-state index contributed by atoms with van der Waals surface area (Å²) in [5.74, 6) is 4.57. The first kappa shape index (κ1) is 14.7. The van der Waals surface area contributed by atoms with Crippen LogP contribution in [0.4, 0.5) is 0 Å². The lowest BCUT2D eigenvalue weighted by molar-refractivity contribution is 0.553. The van der Waals surface area contributed by atoms with Crippen molar-refractivity contribution >= 4 is 21.6 Å². The molecule has 0 amide bonds. The highest BCUT2D eigenvalue weighted by Gasteiger charge is 2.06. The molecule has 0 fully saturated rings. The van der Waals surface area contributed by atoms with Gasteiger partial charge in [0.1, 0.15) is 0 Å². The molecule has 0 spiro atoms. The van der Waals surface area contributed by atoms with Crippen molar-refractivity contribution in [2.75, 3.05) is 11.5 Å². The maximum absolute atomic E-state index is 2.31. The van der Waals surface area contributed by atoms with Crippen molar-refractivity contribution in [3.63, 3.8) is 0 Å². The minimum atomic E-state index is 0.939. The third-order valence-electron chi connectivity index (χ3n) is 3.00. The second kappa shape index (κ2) is 10.2. The van der Waals surface area contributed by atoms with Crippen LogP contribution in [0, 0.1) is 11.8 Å². The molecular formula is C12H26S2. The molecule has 86 valence electrons. The molecule has 0 unspecified atom stereocenters. The summed E-state index contributed by atoms with van der Waals surface area (Å²) in [5, 5.41) is 0. The molecule has 0 N–H and O–H groups in total. The van der Waals surface area contributed by atoms with E-state index in [0.29, 0.717) is 0 Å². The van der Waals surface area contributed by atoms with Crippen molar-refractivity contribution in [1.29, 1.82) is 0 Å². The molecule has 14 heavy (non-hydrogen) atoms. The zero-order chi connectivity index (χ0) is 10.8. The van der Waals surface area contributed by atoms with Crippen LogP contribution in [0.2, 0.25) is 0 Å². The number of hydrogen-bond acceptors (Lipinski definition) is 2. The topological polar surface area (TPSA) is 0 Å². The van der Waals surface area contributed by atoms with E-state index in [0.717, 1.165) is 11.8 Å². The average molecular weight is 234 g/mol. The molecule has 0 aromatic heterocycles. The monoisotopic (exact) mass is 234 g/mol. The normalized spacial score (nSPS) is 11.6. The van der Waals surface area contributed by atoms with Gasteiger partial charge in [0.05, 0.1) is 0 Å². The van der Waals surface area contributed by atoms with Crippen LogP contribution >= 0.6 is 21.6 Å². The smallest absolute Gasteiger partial charge is 0.00651 e. The third-order valence-corrected chi connectivity index (χ3v) is 5.70. The van der Waals surface area contributed by atoms with Gasteiger partial charge in [0.25, 0.3) is 0 Å². The minimum absolute atomic E-state index is 0.939. The van der Waals surface area contributed by atoms with Crippen molar-refractivity contribution in [2.24, 2.45) is 11.8 Å². The Bertz CT molecular complexity index is 92.9. The van der Waals surface area contributed by atoms with E-state index < -0.39 is 0 Å². The maximum atomic E-state index is 2.31. The zero-order valence-electron chi connectivity index (χ0n) is 10.2. The van der Waals surface area contributed by atoms with Crippen LogP contribution in [-0.2, 0) is 0 Å². The molecule has 0 aromatic carbocycles. The third kappa shape index (κ3) is 7.05. The molecule has 0 aliphatic heterocycles. The van der Waals surface area contributed by atoms with E-state index in [1.807, 2.05) is 0 Å². The Morgan fingerprint density at radius 3 is 1.14 bits per heavy atom. The highest BCUT2D eigenvalue weighted by Crippen LogP contribution is 2.29. The predicted octanol–water partition coefficient (Wildman–Crippen LogP) is 5.24. The maximum Gasteiger partial charge on any atom is 0.00651 e. The first-order chi connectivity index (χ1) is 6.78. The fourth-order valence-corrected chi connectivity index (χ4v) is 4.59. The molecule has 0 rings (SSSR count). The Morgan fingerprint density at radius 2 is 0.929 bits per heavy atom. The van der Waals surface area contributed by atoms with Crippen molar-refractivity contribution in [3.8, 4) is 0 Å². The SMILES string of the molecule is CCC(CC)CSSCC(CC)CC. The van der Waals surface area contributed by atoms with Gasteiger partial charge in [0, 0.05) is 11.5 Å². The average Bonchev–Trinajstić information content (AvgIpc) is 2.24. The van der Waals surface area contributed by atoms with Gasteiger partial charge in [-0.1, -0.05) is 75.0 Å². The summed E-state index contributed by atoms with van der Waals surface area (Å²) in [4.78, 5) is 0. The van der Waals surface area contributed by atoms with Gasteiger partial charge in [-0.3, -0.25) is 0 Å². The Kier molecular flexibility index (Phi) is 10.7. The fourth-order valence-electron chi connectivity index (χ4n) is 1.34. The predicted molar refractivity (Wildman–Crippen MR) is 73.1 cm³/mol. The first-order valence-corrected chi connectivity index (χ1v) is 8.51. The van der Waals surface area contributed by atoms with Crippen LogP contribution in [0.3, 0.4) is 0 Å². The van der Waals surface area contributed by atoms with Crippen molar-refractivity contribution in [1.82, 2.24) is 0 Å². The lowest BCUT2D eigenvalue weighted by atomic mass is 10.1. The van der Waals surface area contributed by atoms with Gasteiger partial charge in [-0.2, -0.15) is 0 Å². The van der Waals surface area contributed by atoms with E-state index in [9.17, 15) is 0 Å². The van der Waals surface area contributed by atoms with Crippen LogP contribution in [0.15, 0.2) is 0 Å². The molecule has 0 radical (unpaired) electrons. The van der Waals surface area contributed by atoms with Crippen LogP contribution in [0.25, 0.3) is 0 Å². The first-order valence-electron chi connectivity index (χ1n) is 6.02. The Balaban J connectivity index is 3.35. The van der Waals surface area contributed by atoms with Gasteiger partial charge in [-0.25, -0.2) is 0 Å². The lowest BCUT2D eigenvalue weighted by Crippen LogP contribution is -2.01. The van der Waals surface area contributed by atoms with E-state index in [1.165, 1.54) is 37.2 Å². The van der Waals surface area contributed by atoms with E-state index in [2.05, 4.69) is 49.3 Å². The molecule has 2 heteroatoms. The summed E-state index contributed by atoms with van der Waals surface area (Å²) < 4.78 is 0. The standard InChI is InChI=1S/C12H26S2/c1-5-11(6-2)9-13-14-10-12(7-3)8-4/h11-12H,5-10H2,1-4H3. The van der Waals surface area contributed by atoms with Crippen LogP contribution in [-0.4, -0.2) is 11.5 Å². The van der Waals surface area contributed by atoms with E-state index in [4.69, 9.17) is 0 Å². The fraction of sp³-hybridized carbons (Fsp3) is 1.00. The van der Waals surface area contributed by atoms with Gasteiger partial charge in [-0.05, 0) is 11.8 Å². The molecule has 0 bridgehead atoms. The highest BCUT2D eigenvalue weighted by molar-refractivity contribution is 8.76. The number of rotatable bonds is 9. The van der Waals surface area contributed by atoms with Gasteiger partial charge in [0.2, 0.25) is 0 Å². The number of hydrogen-bond donors (Lipinski definition) is 0. The van der Waals surface area contributed by atoms with Gasteiger partial charge in [-0.15, -0.1) is 0 Å². The van der Waals surface area contributed by atoms with E-state index in [-0.39, 0.29) is 0 Å². The molecule has 0 aromatic rings. The van der Waals surface area contributed by atoms with E-state index in [1.54, 1.807) is 0 Å². The molecule has 0 nitrogen and oxygen atoms in total. The molecule has 0 aliphatic carbocycles. The molecule has 0 heterocycles. The molecule has 0 aliphatic rings. The van der Waals surface area contributed by atoms with Crippen molar-refractivity contribution in [3.05, 3.63) is 0 Å². The van der Waals surface area contributed by atoms with Gasteiger partial charge >= 0.3 is 0 Å². The van der Waals surface area contributed by atoms with Gasteiger partial charge < -0.3 is 0 Å². The molecule has 0 saturated heterocycles. The quantitative estimate of drug-likeness (QED) is 0.395. The highest BCUT2D eigenvalue weighted by atomic mass is 33.1. The molecule has 0 atom stereocenters. The summed E-state index contributed by atoms with van der Waals surface area (Å²) in [6.07, 6.45) is 5.37. The van der Waals surface area contributed by atoms with Crippen molar-refractivity contribution in [2.45, 2.75) is 53.4 Å². The van der Waals surface area contributed by atoms with Crippen LogP contribution < -0.4 is 0 Å². The lowest BCUT2D eigenvalue weighted by Gasteiger charge is -2.13. The zero-order valence-corrected chi connectivity index (χ0v) is 11.8. The van der Waals surface area contributed by atoms with Crippen LogP contribution in [0.1, 0.15) is 53.4 Å². The summed E-state index contributed by atoms with van der Waals surface area (Å²) in [5.41, 5.74) is 0. The summed E-state index contributed by atoms with van der Waals surface area (Å²) in [6.45, 7) is 9.22. The summed E-state index contributed by atoms with van der Waals surface area (Å²) >= 11 is 0. The summed E-state index contributed by atoms with van der Waals surface area (Å²) in [6, 6.07) is 0. The van der Waals surface area contributed by atoms with E-state index >= 15 is 0 Å². The van der Waals surface area contributed by atoms with Crippen LogP contribution in [0.5, 0.6) is 0 Å². The largest absolute Gasteiger partial charge is 0.0939 e. The summed E-state index contributed by atoms with van der Waals surface area (Å²) in [7, 11) is 4.17. The van der Waals surface area contributed by atoms with Gasteiger partial charge in [0.15, 0.2) is 0 Å². The molecule has 0 saturated carbocycles.